The minimum atomic E-state index is 0.0305. The summed E-state index contributed by atoms with van der Waals surface area (Å²) in [7, 11) is 0. The second-order valence-corrected chi connectivity index (χ2v) is 9.03. The lowest BCUT2D eigenvalue weighted by atomic mass is 9.84. The van der Waals surface area contributed by atoms with Crippen LogP contribution in [0.5, 0.6) is 0 Å². The van der Waals surface area contributed by atoms with Crippen molar-refractivity contribution in [2.75, 3.05) is 19.7 Å². The summed E-state index contributed by atoms with van der Waals surface area (Å²) in [6.45, 7) is 4.21. The number of aliphatic hydroxyl groups excluding tert-OH is 1. The van der Waals surface area contributed by atoms with Crippen LogP contribution in [0.4, 0.5) is 0 Å². The molecule has 0 atom stereocenters. The molecular formula is C25H49NO3. The molecule has 0 spiro atoms. The quantitative estimate of drug-likeness (QED) is 0.198. The minimum absolute atomic E-state index is 0.0305. The van der Waals surface area contributed by atoms with Crippen molar-refractivity contribution in [2.45, 2.75) is 129 Å². The molecule has 0 aromatic rings. The fourth-order valence-electron chi connectivity index (χ4n) is 4.43. The molecule has 0 saturated heterocycles. The average Bonchev–Trinajstić information content (AvgIpc) is 2.73. The zero-order chi connectivity index (χ0) is 21.0. The van der Waals surface area contributed by atoms with Crippen LogP contribution >= 0.6 is 0 Å². The topological polar surface area (TPSA) is 58.6 Å². The fourth-order valence-corrected chi connectivity index (χ4v) is 4.43. The van der Waals surface area contributed by atoms with Gasteiger partial charge in [-0.05, 0) is 51.0 Å². The number of hydrogen-bond acceptors (Lipinski definition) is 4. The molecular weight excluding hydrogens is 362 g/mol. The van der Waals surface area contributed by atoms with E-state index in [9.17, 15) is 4.79 Å². The van der Waals surface area contributed by atoms with Gasteiger partial charge >= 0.3 is 5.97 Å². The van der Waals surface area contributed by atoms with Crippen molar-refractivity contribution in [3.63, 3.8) is 0 Å². The number of ether oxygens (including phenoxy) is 1. The van der Waals surface area contributed by atoms with Crippen LogP contribution in [-0.4, -0.2) is 36.9 Å². The number of aliphatic hydroxyl groups is 1. The molecule has 1 aliphatic carbocycles. The Kier molecular flexibility index (Phi) is 17.6. The van der Waals surface area contributed by atoms with E-state index < -0.39 is 0 Å². The van der Waals surface area contributed by atoms with E-state index in [2.05, 4.69) is 12.2 Å². The van der Waals surface area contributed by atoms with Gasteiger partial charge in [-0.3, -0.25) is 4.79 Å². The molecule has 0 heterocycles. The first-order chi connectivity index (χ1) is 14.3. The van der Waals surface area contributed by atoms with Gasteiger partial charge in [0, 0.05) is 13.0 Å². The standard InChI is InChI=1S/C25H49NO3/c1-2-3-4-8-11-14-23-16-18-24(19-17-23)29-25(28)15-12-9-6-5-7-10-13-20-26-21-22-27/h23-24,26-27H,2-22H2,1H3. The lowest BCUT2D eigenvalue weighted by Gasteiger charge is -2.28. The van der Waals surface area contributed by atoms with Crippen LogP contribution in [0.3, 0.4) is 0 Å². The maximum Gasteiger partial charge on any atom is 0.306 e. The Morgan fingerprint density at radius 1 is 0.828 bits per heavy atom. The molecule has 0 aromatic carbocycles. The molecule has 29 heavy (non-hydrogen) atoms. The summed E-state index contributed by atoms with van der Waals surface area (Å²) in [5.74, 6) is 0.903. The second kappa shape index (κ2) is 19.4. The van der Waals surface area contributed by atoms with E-state index in [1.807, 2.05) is 0 Å². The Labute approximate surface area is 180 Å². The average molecular weight is 412 g/mol. The van der Waals surface area contributed by atoms with Crippen molar-refractivity contribution in [3.8, 4) is 0 Å². The molecule has 1 fully saturated rings. The molecule has 0 bridgehead atoms. The largest absolute Gasteiger partial charge is 0.462 e. The first kappa shape index (κ1) is 26.4. The van der Waals surface area contributed by atoms with Crippen LogP contribution in [0.1, 0.15) is 122 Å². The minimum Gasteiger partial charge on any atom is -0.462 e. The van der Waals surface area contributed by atoms with E-state index in [1.165, 1.54) is 83.5 Å². The molecule has 4 heteroatoms. The number of rotatable bonds is 19. The maximum absolute atomic E-state index is 12.1. The maximum atomic E-state index is 12.1. The molecule has 4 nitrogen and oxygen atoms in total. The van der Waals surface area contributed by atoms with Gasteiger partial charge in [0.25, 0.3) is 0 Å². The van der Waals surface area contributed by atoms with Crippen LogP contribution in [0.2, 0.25) is 0 Å². The van der Waals surface area contributed by atoms with E-state index in [1.54, 1.807) is 0 Å². The molecule has 2 N–H and O–H groups in total. The van der Waals surface area contributed by atoms with Gasteiger partial charge in [-0.1, -0.05) is 77.6 Å². The summed E-state index contributed by atoms with van der Waals surface area (Å²) in [5.41, 5.74) is 0. The van der Waals surface area contributed by atoms with Gasteiger partial charge in [-0.2, -0.15) is 0 Å². The van der Waals surface area contributed by atoms with Crippen molar-refractivity contribution in [1.82, 2.24) is 5.32 Å². The number of unbranched alkanes of at least 4 members (excludes halogenated alkanes) is 10. The third-order valence-electron chi connectivity index (χ3n) is 6.33. The van der Waals surface area contributed by atoms with Gasteiger partial charge < -0.3 is 15.2 Å². The third-order valence-corrected chi connectivity index (χ3v) is 6.33. The Morgan fingerprint density at radius 3 is 2.14 bits per heavy atom. The lowest BCUT2D eigenvalue weighted by Crippen LogP contribution is -2.24. The van der Waals surface area contributed by atoms with Gasteiger partial charge in [-0.25, -0.2) is 0 Å². The first-order valence-corrected chi connectivity index (χ1v) is 12.8. The zero-order valence-electron chi connectivity index (χ0n) is 19.3. The highest BCUT2D eigenvalue weighted by atomic mass is 16.5. The Bertz CT molecular complexity index is 367. The molecule has 0 amide bonds. The summed E-state index contributed by atoms with van der Waals surface area (Å²) in [4.78, 5) is 12.1. The molecule has 0 aliphatic heterocycles. The third kappa shape index (κ3) is 15.8. The summed E-state index contributed by atoms with van der Waals surface area (Å²) >= 11 is 0. The summed E-state index contributed by atoms with van der Waals surface area (Å²) in [5, 5.41) is 11.9. The van der Waals surface area contributed by atoms with E-state index >= 15 is 0 Å². The van der Waals surface area contributed by atoms with Crippen molar-refractivity contribution in [2.24, 2.45) is 5.92 Å². The molecule has 1 aliphatic rings. The first-order valence-electron chi connectivity index (χ1n) is 12.8. The number of esters is 1. The highest BCUT2D eigenvalue weighted by molar-refractivity contribution is 5.69. The second-order valence-electron chi connectivity index (χ2n) is 9.03. The van der Waals surface area contributed by atoms with E-state index in [-0.39, 0.29) is 18.7 Å². The van der Waals surface area contributed by atoms with Crippen molar-refractivity contribution < 1.29 is 14.6 Å². The zero-order valence-corrected chi connectivity index (χ0v) is 19.3. The van der Waals surface area contributed by atoms with Crippen molar-refractivity contribution in [3.05, 3.63) is 0 Å². The molecule has 1 rings (SSSR count). The molecule has 0 unspecified atom stereocenters. The smallest absolute Gasteiger partial charge is 0.306 e. The molecule has 172 valence electrons. The summed E-state index contributed by atoms with van der Waals surface area (Å²) < 4.78 is 5.73. The highest BCUT2D eigenvalue weighted by Crippen LogP contribution is 2.30. The van der Waals surface area contributed by atoms with E-state index in [0.717, 1.165) is 38.1 Å². The van der Waals surface area contributed by atoms with Crippen molar-refractivity contribution in [1.29, 1.82) is 0 Å². The molecule has 1 saturated carbocycles. The van der Waals surface area contributed by atoms with Crippen molar-refractivity contribution >= 4 is 5.97 Å². The van der Waals surface area contributed by atoms with E-state index in [4.69, 9.17) is 9.84 Å². The predicted molar refractivity (Wildman–Crippen MR) is 122 cm³/mol. The van der Waals surface area contributed by atoms with Gasteiger partial charge in [0.1, 0.15) is 6.10 Å². The van der Waals surface area contributed by atoms with Crippen LogP contribution < -0.4 is 5.32 Å². The molecule has 0 radical (unpaired) electrons. The Hall–Kier alpha value is -0.610. The number of carbonyl (C=O) groups is 1. The molecule has 0 aromatic heterocycles. The SMILES string of the molecule is CCCCCCCC1CCC(OC(=O)CCCCCCCCCNCCO)CC1. The summed E-state index contributed by atoms with van der Waals surface area (Å²) in [6, 6.07) is 0. The van der Waals surface area contributed by atoms with Gasteiger partial charge in [0.05, 0.1) is 6.61 Å². The van der Waals surface area contributed by atoms with Gasteiger partial charge in [-0.15, -0.1) is 0 Å². The predicted octanol–water partition coefficient (Wildman–Crippen LogP) is 6.15. The number of nitrogens with one attached hydrogen (secondary N) is 1. The Morgan fingerprint density at radius 2 is 1.45 bits per heavy atom. The number of hydrogen-bond donors (Lipinski definition) is 2. The normalized spacial score (nSPS) is 19.4. The van der Waals surface area contributed by atoms with Crippen LogP contribution in [-0.2, 0) is 9.53 Å². The lowest BCUT2D eigenvalue weighted by molar-refractivity contribution is -0.151. The highest BCUT2D eigenvalue weighted by Gasteiger charge is 2.23. The van der Waals surface area contributed by atoms with Crippen LogP contribution in [0, 0.1) is 5.92 Å². The monoisotopic (exact) mass is 411 g/mol. The van der Waals surface area contributed by atoms with Crippen LogP contribution in [0.15, 0.2) is 0 Å². The van der Waals surface area contributed by atoms with Gasteiger partial charge in [0.2, 0.25) is 0 Å². The number of carbonyl (C=O) groups excluding carboxylic acids is 1. The van der Waals surface area contributed by atoms with Crippen LogP contribution in [0.25, 0.3) is 0 Å². The van der Waals surface area contributed by atoms with E-state index in [0.29, 0.717) is 13.0 Å². The van der Waals surface area contributed by atoms with Gasteiger partial charge in [0.15, 0.2) is 0 Å². The fraction of sp³-hybridized carbons (Fsp3) is 0.960. The Balaban J connectivity index is 1.88. The summed E-state index contributed by atoms with van der Waals surface area (Å²) in [6.07, 6.45) is 22.0.